The number of hydrogen-bond donors (Lipinski definition) is 0. The molecule has 0 fully saturated rings. The lowest BCUT2D eigenvalue weighted by atomic mass is 10.3. The van der Waals surface area contributed by atoms with Crippen molar-refractivity contribution >= 4 is 17.1 Å². The smallest absolute Gasteiger partial charge is 0.124 e. The molecule has 0 saturated heterocycles. The van der Waals surface area contributed by atoms with Crippen LogP contribution < -0.4 is 0 Å². The molecule has 0 aliphatic rings. The standard InChI is InChI=1S/C5H5NOS/c1-4(8)5-2-3-7-6-5/h2-3H,1H3. The molecule has 0 radical (unpaired) electrons. The van der Waals surface area contributed by atoms with Crippen LogP contribution in [0, 0.1) is 0 Å². The van der Waals surface area contributed by atoms with Crippen molar-refractivity contribution in [2.75, 3.05) is 0 Å². The van der Waals surface area contributed by atoms with Gasteiger partial charge in [0.2, 0.25) is 0 Å². The molecule has 2 nitrogen and oxygen atoms in total. The van der Waals surface area contributed by atoms with Gasteiger partial charge in [0.15, 0.2) is 0 Å². The van der Waals surface area contributed by atoms with E-state index in [0.29, 0.717) is 0 Å². The van der Waals surface area contributed by atoms with E-state index in [1.807, 2.05) is 6.92 Å². The maximum Gasteiger partial charge on any atom is 0.124 e. The van der Waals surface area contributed by atoms with E-state index >= 15 is 0 Å². The van der Waals surface area contributed by atoms with Gasteiger partial charge in [-0.25, -0.2) is 0 Å². The zero-order valence-electron chi connectivity index (χ0n) is 4.42. The summed E-state index contributed by atoms with van der Waals surface area (Å²) in [7, 11) is 0. The average molecular weight is 127 g/mol. The Morgan fingerprint density at radius 3 is 2.88 bits per heavy atom. The molecule has 8 heavy (non-hydrogen) atoms. The quantitative estimate of drug-likeness (QED) is 0.421. The van der Waals surface area contributed by atoms with Crippen LogP contribution in [0.2, 0.25) is 0 Å². The first-order valence-corrected chi connectivity index (χ1v) is 2.63. The van der Waals surface area contributed by atoms with Crippen molar-refractivity contribution in [3.05, 3.63) is 18.0 Å². The van der Waals surface area contributed by atoms with Gasteiger partial charge in [0.1, 0.15) is 12.0 Å². The second kappa shape index (κ2) is 2.05. The molecule has 0 saturated carbocycles. The first kappa shape index (κ1) is 5.44. The second-order valence-corrected chi connectivity index (χ2v) is 2.05. The van der Waals surface area contributed by atoms with Crippen LogP contribution in [0.5, 0.6) is 0 Å². The summed E-state index contributed by atoms with van der Waals surface area (Å²) in [5, 5.41) is 3.60. The summed E-state index contributed by atoms with van der Waals surface area (Å²) in [5.74, 6) is 0. The van der Waals surface area contributed by atoms with Crippen molar-refractivity contribution in [2.45, 2.75) is 6.92 Å². The summed E-state index contributed by atoms with van der Waals surface area (Å²) in [4.78, 5) is 0.763. The molecule has 0 aliphatic carbocycles. The predicted molar refractivity (Wildman–Crippen MR) is 33.9 cm³/mol. The Kier molecular flexibility index (Phi) is 1.39. The third-order valence-electron chi connectivity index (χ3n) is 0.799. The molecule has 3 heteroatoms. The van der Waals surface area contributed by atoms with Crippen LogP contribution in [0.25, 0.3) is 0 Å². The highest BCUT2D eigenvalue weighted by Crippen LogP contribution is 1.95. The molecule has 0 aromatic carbocycles. The molecule has 1 aromatic rings. The van der Waals surface area contributed by atoms with Crippen molar-refractivity contribution in [2.24, 2.45) is 0 Å². The van der Waals surface area contributed by atoms with E-state index in [9.17, 15) is 0 Å². The summed E-state index contributed by atoms with van der Waals surface area (Å²) in [6, 6.07) is 1.74. The van der Waals surface area contributed by atoms with Crippen LogP contribution in [0.1, 0.15) is 12.6 Å². The van der Waals surface area contributed by atoms with Crippen molar-refractivity contribution in [3.8, 4) is 0 Å². The summed E-state index contributed by atoms with van der Waals surface area (Å²) in [5.41, 5.74) is 0.750. The molecule has 42 valence electrons. The van der Waals surface area contributed by atoms with Gasteiger partial charge in [0.05, 0.1) is 0 Å². The Morgan fingerprint density at radius 1 is 1.88 bits per heavy atom. The van der Waals surface area contributed by atoms with Gasteiger partial charge in [-0.2, -0.15) is 0 Å². The first-order chi connectivity index (χ1) is 3.80. The number of hydrogen-bond acceptors (Lipinski definition) is 3. The average Bonchev–Trinajstić information content (AvgIpc) is 2.12. The van der Waals surface area contributed by atoms with Crippen LogP contribution in [0.15, 0.2) is 16.9 Å². The fourth-order valence-corrected chi connectivity index (χ4v) is 0.499. The zero-order chi connectivity index (χ0) is 5.98. The fourth-order valence-electron chi connectivity index (χ4n) is 0.394. The molecule has 1 aromatic heterocycles. The van der Waals surface area contributed by atoms with Gasteiger partial charge in [0.25, 0.3) is 0 Å². The van der Waals surface area contributed by atoms with Crippen molar-refractivity contribution in [1.82, 2.24) is 5.16 Å². The Balaban J connectivity index is 2.93. The minimum atomic E-state index is 0.750. The predicted octanol–water partition coefficient (Wildman–Crippen LogP) is 1.41. The summed E-state index contributed by atoms with van der Waals surface area (Å²) in [6.07, 6.45) is 1.51. The van der Waals surface area contributed by atoms with Crippen LogP contribution in [-0.4, -0.2) is 10.0 Å². The Hall–Kier alpha value is -0.700. The van der Waals surface area contributed by atoms with Gasteiger partial charge in [-0.3, -0.25) is 0 Å². The molecule has 1 rings (SSSR count). The summed E-state index contributed by atoms with van der Waals surface area (Å²) < 4.78 is 4.54. The Morgan fingerprint density at radius 2 is 2.62 bits per heavy atom. The van der Waals surface area contributed by atoms with Crippen LogP contribution in [0.3, 0.4) is 0 Å². The lowest BCUT2D eigenvalue weighted by Crippen LogP contribution is -1.87. The highest BCUT2D eigenvalue weighted by molar-refractivity contribution is 7.80. The molecular weight excluding hydrogens is 122 g/mol. The van der Waals surface area contributed by atoms with Gasteiger partial charge in [-0.1, -0.05) is 17.4 Å². The SMILES string of the molecule is CC(=S)c1ccon1. The van der Waals surface area contributed by atoms with Crippen molar-refractivity contribution < 1.29 is 4.52 Å². The molecule has 0 atom stereocenters. The summed E-state index contributed by atoms with van der Waals surface area (Å²) in [6.45, 7) is 1.81. The molecule has 1 heterocycles. The highest BCUT2D eigenvalue weighted by atomic mass is 32.1. The van der Waals surface area contributed by atoms with E-state index in [1.165, 1.54) is 6.26 Å². The van der Waals surface area contributed by atoms with E-state index in [0.717, 1.165) is 10.6 Å². The van der Waals surface area contributed by atoms with Crippen LogP contribution in [-0.2, 0) is 0 Å². The lowest BCUT2D eigenvalue weighted by molar-refractivity contribution is 0.418. The molecule has 0 amide bonds. The van der Waals surface area contributed by atoms with E-state index in [2.05, 4.69) is 9.68 Å². The van der Waals surface area contributed by atoms with E-state index in [4.69, 9.17) is 12.2 Å². The Bertz CT molecular complexity index is 180. The van der Waals surface area contributed by atoms with Crippen molar-refractivity contribution in [3.63, 3.8) is 0 Å². The molecule has 0 bridgehead atoms. The first-order valence-electron chi connectivity index (χ1n) is 2.22. The zero-order valence-corrected chi connectivity index (χ0v) is 5.23. The van der Waals surface area contributed by atoms with Crippen LogP contribution in [0.4, 0.5) is 0 Å². The van der Waals surface area contributed by atoms with Crippen LogP contribution >= 0.6 is 12.2 Å². The monoisotopic (exact) mass is 127 g/mol. The summed E-state index contributed by atoms with van der Waals surface area (Å²) >= 11 is 4.79. The largest absolute Gasteiger partial charge is 0.364 e. The molecule has 0 unspecified atom stereocenters. The highest BCUT2D eigenvalue weighted by Gasteiger charge is 1.94. The normalized spacial score (nSPS) is 9.12. The maximum absolute atomic E-state index is 4.79. The molecule has 0 aliphatic heterocycles. The molecule has 0 N–H and O–H groups in total. The topological polar surface area (TPSA) is 26.0 Å². The number of rotatable bonds is 1. The lowest BCUT2D eigenvalue weighted by Gasteiger charge is -1.80. The van der Waals surface area contributed by atoms with Crippen molar-refractivity contribution in [1.29, 1.82) is 0 Å². The minimum absolute atomic E-state index is 0.750. The third kappa shape index (κ3) is 0.924. The number of aromatic nitrogens is 1. The Labute approximate surface area is 52.5 Å². The van der Waals surface area contributed by atoms with E-state index in [1.54, 1.807) is 6.07 Å². The minimum Gasteiger partial charge on any atom is -0.364 e. The number of nitrogens with zero attached hydrogens (tertiary/aromatic N) is 1. The molecule has 0 spiro atoms. The fraction of sp³-hybridized carbons (Fsp3) is 0.200. The van der Waals surface area contributed by atoms with Gasteiger partial charge in [-0.05, 0) is 6.92 Å². The van der Waals surface area contributed by atoms with Gasteiger partial charge >= 0.3 is 0 Å². The molecular formula is C5H5NOS. The van der Waals surface area contributed by atoms with Gasteiger partial charge < -0.3 is 4.52 Å². The third-order valence-corrected chi connectivity index (χ3v) is 1.01. The van der Waals surface area contributed by atoms with Gasteiger partial charge in [0, 0.05) is 10.9 Å². The van der Waals surface area contributed by atoms with Gasteiger partial charge in [-0.15, -0.1) is 0 Å². The maximum atomic E-state index is 4.79. The second-order valence-electron chi connectivity index (χ2n) is 1.44. The van der Waals surface area contributed by atoms with E-state index in [-0.39, 0.29) is 0 Å². The van der Waals surface area contributed by atoms with E-state index < -0.39 is 0 Å². The number of thiocarbonyl (C=S) groups is 1.